The molecule has 8 heteroatoms. The second kappa shape index (κ2) is 10.2. The summed E-state index contributed by atoms with van der Waals surface area (Å²) >= 11 is 0. The SMILES string of the molecule is CC(NC(=O)CCCNS(=O)(=O)c1ccc2c(c1)OCCCO2)c1ccc2ccccc2c1. The molecule has 1 heterocycles. The van der Waals surface area contributed by atoms with E-state index >= 15 is 0 Å². The summed E-state index contributed by atoms with van der Waals surface area (Å²) in [6.07, 6.45) is 1.36. The minimum absolute atomic E-state index is 0.112. The Morgan fingerprint density at radius 1 is 0.970 bits per heavy atom. The number of carbonyl (C=O) groups excluding carboxylic acids is 1. The second-order valence-electron chi connectivity index (χ2n) is 8.06. The van der Waals surface area contributed by atoms with Crippen LogP contribution in [0.2, 0.25) is 0 Å². The standard InChI is InChI=1S/C25H28N2O5S/c1-18(20-10-9-19-6-2-3-7-21(19)16-20)27-25(28)8-4-13-26-33(29,30)22-11-12-23-24(17-22)32-15-5-14-31-23/h2-3,6-7,9-12,16-18,26H,4-5,8,13-15H2,1H3,(H,27,28). The van der Waals surface area contributed by atoms with Gasteiger partial charge in [-0.05, 0) is 47.9 Å². The molecule has 0 radical (unpaired) electrons. The van der Waals surface area contributed by atoms with Crippen molar-refractivity contribution in [2.75, 3.05) is 19.8 Å². The molecule has 0 saturated carbocycles. The molecule has 2 N–H and O–H groups in total. The van der Waals surface area contributed by atoms with E-state index in [2.05, 4.69) is 22.2 Å². The summed E-state index contributed by atoms with van der Waals surface area (Å²) in [7, 11) is -3.71. The van der Waals surface area contributed by atoms with Crippen LogP contribution in [0.4, 0.5) is 0 Å². The van der Waals surface area contributed by atoms with Crippen molar-refractivity contribution in [1.82, 2.24) is 10.0 Å². The molecule has 0 saturated heterocycles. The third-order valence-electron chi connectivity index (χ3n) is 5.55. The highest BCUT2D eigenvalue weighted by Gasteiger charge is 2.19. The molecule has 1 aliphatic rings. The highest BCUT2D eigenvalue weighted by Crippen LogP contribution is 2.31. The Hall–Kier alpha value is -3.10. The van der Waals surface area contributed by atoms with Crippen molar-refractivity contribution in [2.45, 2.75) is 37.1 Å². The molecule has 0 fully saturated rings. The Morgan fingerprint density at radius 2 is 1.73 bits per heavy atom. The fourth-order valence-corrected chi connectivity index (χ4v) is 4.81. The van der Waals surface area contributed by atoms with Crippen LogP contribution in [0, 0.1) is 0 Å². The van der Waals surface area contributed by atoms with Crippen LogP contribution in [0.15, 0.2) is 65.6 Å². The first kappa shape index (κ1) is 23.1. The van der Waals surface area contributed by atoms with E-state index in [4.69, 9.17) is 9.47 Å². The molecule has 1 unspecified atom stereocenters. The lowest BCUT2D eigenvalue weighted by Gasteiger charge is -2.15. The van der Waals surface area contributed by atoms with E-state index in [1.54, 1.807) is 6.07 Å². The lowest BCUT2D eigenvalue weighted by Crippen LogP contribution is -2.29. The topological polar surface area (TPSA) is 93.7 Å². The molecular weight excluding hydrogens is 440 g/mol. The maximum atomic E-state index is 12.6. The highest BCUT2D eigenvalue weighted by atomic mass is 32.2. The van der Waals surface area contributed by atoms with Crippen LogP contribution in [0.3, 0.4) is 0 Å². The Balaban J connectivity index is 1.26. The van der Waals surface area contributed by atoms with Gasteiger partial charge in [-0.3, -0.25) is 4.79 Å². The van der Waals surface area contributed by atoms with Crippen LogP contribution in [-0.4, -0.2) is 34.1 Å². The third kappa shape index (κ3) is 5.83. The van der Waals surface area contributed by atoms with Crippen LogP contribution >= 0.6 is 0 Å². The molecule has 0 spiro atoms. The number of nitrogens with one attached hydrogen (secondary N) is 2. The van der Waals surface area contributed by atoms with E-state index in [1.807, 2.05) is 37.3 Å². The van der Waals surface area contributed by atoms with Gasteiger partial charge in [0.05, 0.1) is 24.2 Å². The van der Waals surface area contributed by atoms with Gasteiger partial charge in [-0.1, -0.05) is 36.4 Å². The third-order valence-corrected chi connectivity index (χ3v) is 7.01. The molecule has 3 aromatic carbocycles. The first-order valence-corrected chi connectivity index (χ1v) is 12.6. The van der Waals surface area contributed by atoms with E-state index in [-0.39, 0.29) is 29.8 Å². The van der Waals surface area contributed by atoms with Crippen LogP contribution in [0.25, 0.3) is 10.8 Å². The van der Waals surface area contributed by atoms with E-state index in [1.165, 1.54) is 12.1 Å². The van der Waals surface area contributed by atoms with Gasteiger partial charge in [-0.15, -0.1) is 0 Å². The summed E-state index contributed by atoms with van der Waals surface area (Å²) in [5.41, 5.74) is 1.03. The van der Waals surface area contributed by atoms with Crippen LogP contribution in [0.5, 0.6) is 11.5 Å². The summed E-state index contributed by atoms with van der Waals surface area (Å²) in [5.74, 6) is 0.853. The van der Waals surface area contributed by atoms with Gasteiger partial charge in [0.2, 0.25) is 15.9 Å². The lowest BCUT2D eigenvalue weighted by molar-refractivity contribution is -0.121. The van der Waals surface area contributed by atoms with Crippen molar-refractivity contribution >= 4 is 26.7 Å². The first-order chi connectivity index (χ1) is 15.9. The monoisotopic (exact) mass is 468 g/mol. The number of rotatable bonds is 8. The molecule has 1 amide bonds. The minimum Gasteiger partial charge on any atom is -0.490 e. The van der Waals surface area contributed by atoms with Crippen molar-refractivity contribution in [1.29, 1.82) is 0 Å². The molecule has 1 aliphatic heterocycles. The predicted molar refractivity (Wildman–Crippen MR) is 127 cm³/mol. The molecule has 174 valence electrons. The van der Waals surface area contributed by atoms with Crippen molar-refractivity contribution in [3.63, 3.8) is 0 Å². The molecule has 3 aromatic rings. The van der Waals surface area contributed by atoms with E-state index in [9.17, 15) is 13.2 Å². The van der Waals surface area contributed by atoms with Gasteiger partial charge >= 0.3 is 0 Å². The fraction of sp³-hybridized carbons (Fsp3) is 0.320. The van der Waals surface area contributed by atoms with E-state index in [0.717, 1.165) is 22.8 Å². The van der Waals surface area contributed by atoms with Gasteiger partial charge in [-0.2, -0.15) is 0 Å². The molecule has 0 bridgehead atoms. The van der Waals surface area contributed by atoms with Crippen molar-refractivity contribution < 1.29 is 22.7 Å². The maximum Gasteiger partial charge on any atom is 0.240 e. The smallest absolute Gasteiger partial charge is 0.240 e. The number of benzene rings is 3. The number of amides is 1. The van der Waals surface area contributed by atoms with Crippen LogP contribution < -0.4 is 19.5 Å². The molecule has 0 aromatic heterocycles. The van der Waals surface area contributed by atoms with Gasteiger partial charge in [0.1, 0.15) is 0 Å². The summed E-state index contributed by atoms with van der Waals surface area (Å²) in [5, 5.41) is 5.26. The average Bonchev–Trinajstić information content (AvgIpc) is 3.06. The highest BCUT2D eigenvalue weighted by molar-refractivity contribution is 7.89. The van der Waals surface area contributed by atoms with Gasteiger partial charge < -0.3 is 14.8 Å². The average molecular weight is 469 g/mol. The predicted octanol–water partition coefficient (Wildman–Crippen LogP) is 3.94. The number of carbonyl (C=O) groups is 1. The van der Waals surface area contributed by atoms with Gasteiger partial charge in [0.15, 0.2) is 11.5 Å². The number of hydrogen-bond donors (Lipinski definition) is 2. The van der Waals surface area contributed by atoms with E-state index in [0.29, 0.717) is 31.1 Å². The fourth-order valence-electron chi connectivity index (χ4n) is 3.72. The van der Waals surface area contributed by atoms with Crippen molar-refractivity contribution in [3.05, 3.63) is 66.2 Å². The zero-order valence-electron chi connectivity index (χ0n) is 18.5. The largest absolute Gasteiger partial charge is 0.490 e. The lowest BCUT2D eigenvalue weighted by atomic mass is 10.0. The number of sulfonamides is 1. The van der Waals surface area contributed by atoms with Crippen LogP contribution in [-0.2, 0) is 14.8 Å². The quantitative estimate of drug-likeness (QED) is 0.489. The molecule has 4 rings (SSSR count). The zero-order valence-corrected chi connectivity index (χ0v) is 19.4. The summed E-state index contributed by atoms with van der Waals surface area (Å²) in [6, 6.07) is 18.6. The molecule has 33 heavy (non-hydrogen) atoms. The Bertz CT molecular complexity index is 1240. The summed E-state index contributed by atoms with van der Waals surface area (Å²) < 4.78 is 38.9. The summed E-state index contributed by atoms with van der Waals surface area (Å²) in [6.45, 7) is 3.12. The Morgan fingerprint density at radius 3 is 2.55 bits per heavy atom. The molecule has 1 atom stereocenters. The Kier molecular flexibility index (Phi) is 7.15. The zero-order chi connectivity index (χ0) is 23.3. The first-order valence-electron chi connectivity index (χ1n) is 11.1. The summed E-state index contributed by atoms with van der Waals surface area (Å²) in [4.78, 5) is 12.5. The van der Waals surface area contributed by atoms with Crippen molar-refractivity contribution in [3.8, 4) is 11.5 Å². The number of ether oxygens (including phenoxy) is 2. The number of hydrogen-bond acceptors (Lipinski definition) is 5. The normalized spacial score (nSPS) is 14.5. The minimum atomic E-state index is -3.71. The van der Waals surface area contributed by atoms with Gasteiger partial charge in [0, 0.05) is 25.5 Å². The van der Waals surface area contributed by atoms with Gasteiger partial charge in [0.25, 0.3) is 0 Å². The molecular formula is C25H28N2O5S. The van der Waals surface area contributed by atoms with E-state index < -0.39 is 10.0 Å². The second-order valence-corrected chi connectivity index (χ2v) is 9.82. The molecule has 7 nitrogen and oxygen atoms in total. The number of fused-ring (bicyclic) bond motifs is 2. The van der Waals surface area contributed by atoms with Crippen molar-refractivity contribution in [2.24, 2.45) is 0 Å². The molecule has 0 aliphatic carbocycles. The maximum absolute atomic E-state index is 12.6. The van der Waals surface area contributed by atoms with Crippen LogP contribution in [0.1, 0.15) is 37.8 Å². The van der Waals surface area contributed by atoms with Gasteiger partial charge in [-0.25, -0.2) is 13.1 Å². The Labute approximate surface area is 194 Å².